The second-order valence-corrected chi connectivity index (χ2v) is 10.2. The highest BCUT2D eigenvalue weighted by atomic mass is 19.1. The minimum absolute atomic E-state index is 0.276. The first-order valence-corrected chi connectivity index (χ1v) is 13.1. The highest BCUT2D eigenvalue weighted by molar-refractivity contribution is 6.02. The second kappa shape index (κ2) is 9.97. The van der Waals surface area contributed by atoms with Gasteiger partial charge in [-0.3, -0.25) is 0 Å². The molecule has 0 radical (unpaired) electrons. The average molecular weight is 527 g/mol. The van der Waals surface area contributed by atoms with Gasteiger partial charge >= 0.3 is 0 Å². The van der Waals surface area contributed by atoms with Gasteiger partial charge in [-0.15, -0.1) is 0 Å². The fourth-order valence-corrected chi connectivity index (χ4v) is 5.15. The van der Waals surface area contributed by atoms with Gasteiger partial charge in [0.15, 0.2) is 0 Å². The Hall–Kier alpha value is -4.96. The van der Waals surface area contributed by atoms with Crippen molar-refractivity contribution >= 4 is 27.4 Å². The molecule has 6 aromatic rings. The molecule has 4 aromatic carbocycles. The van der Waals surface area contributed by atoms with Crippen LogP contribution in [-0.4, -0.2) is 9.13 Å². The summed E-state index contributed by atoms with van der Waals surface area (Å²) < 4.78 is 32.0. The molecule has 0 aliphatic rings. The fraction of sp³-hybridized carbons (Fsp3) is 0.0556. The summed E-state index contributed by atoms with van der Waals surface area (Å²) in [6.45, 7) is 12.3. The lowest BCUT2D eigenvalue weighted by Crippen LogP contribution is -1.99. The number of hydrogen-bond acceptors (Lipinski definition) is 0. The minimum Gasteiger partial charge on any atom is -0.309 e. The number of aromatic nitrogens is 2. The van der Waals surface area contributed by atoms with Gasteiger partial charge in [-0.05, 0) is 97.8 Å². The Bertz CT molecular complexity index is 1930. The second-order valence-electron chi connectivity index (χ2n) is 10.2. The van der Waals surface area contributed by atoms with Crippen molar-refractivity contribution in [2.75, 3.05) is 0 Å². The Balaban J connectivity index is 1.65. The molecule has 2 nitrogen and oxygen atoms in total. The fourth-order valence-electron chi connectivity index (χ4n) is 5.15. The molecule has 0 saturated carbocycles. The molecule has 0 N–H and O–H groups in total. The summed E-state index contributed by atoms with van der Waals surface area (Å²) in [5, 5.41) is 2.04. The third kappa shape index (κ3) is 4.58. The normalized spacial score (nSPS) is 11.6. The molecule has 0 unspecified atom stereocenters. The molecule has 40 heavy (non-hydrogen) atoms. The van der Waals surface area contributed by atoms with Crippen LogP contribution in [0.2, 0.25) is 0 Å². The Labute approximate surface area is 232 Å². The lowest BCUT2D eigenvalue weighted by atomic mass is 10.1. The number of allylic oxidation sites excluding steroid dienone is 4. The first-order valence-electron chi connectivity index (χ1n) is 13.1. The van der Waals surface area contributed by atoms with E-state index in [0.717, 1.165) is 61.3 Å². The summed E-state index contributed by atoms with van der Waals surface area (Å²) in [5.41, 5.74) is 9.59. The third-order valence-corrected chi connectivity index (χ3v) is 7.14. The summed E-state index contributed by atoms with van der Waals surface area (Å²) in [6, 6.07) is 30.1. The zero-order valence-corrected chi connectivity index (χ0v) is 22.5. The Kier molecular flexibility index (Phi) is 6.31. The third-order valence-electron chi connectivity index (χ3n) is 7.14. The van der Waals surface area contributed by atoms with Crippen LogP contribution >= 0.6 is 0 Å². The van der Waals surface area contributed by atoms with Crippen molar-refractivity contribution in [2.24, 2.45) is 0 Å². The summed E-state index contributed by atoms with van der Waals surface area (Å²) in [4.78, 5) is 0. The number of fused-ring (bicyclic) bond motifs is 2. The molecule has 4 heteroatoms. The van der Waals surface area contributed by atoms with E-state index in [0.29, 0.717) is 0 Å². The van der Waals surface area contributed by atoms with Crippen LogP contribution in [0.25, 0.3) is 50.0 Å². The van der Waals surface area contributed by atoms with Crippen LogP contribution in [0.5, 0.6) is 0 Å². The molecule has 2 heterocycles. The Morgan fingerprint density at radius 3 is 1.75 bits per heavy atom. The summed E-state index contributed by atoms with van der Waals surface area (Å²) in [7, 11) is 0. The largest absolute Gasteiger partial charge is 0.309 e. The van der Waals surface area contributed by atoms with Crippen LogP contribution in [0, 0.1) is 18.6 Å². The Morgan fingerprint density at radius 1 is 0.650 bits per heavy atom. The Morgan fingerprint density at radius 2 is 1.18 bits per heavy atom. The van der Waals surface area contributed by atoms with E-state index >= 15 is 0 Å². The summed E-state index contributed by atoms with van der Waals surface area (Å²) in [6.07, 6.45) is 3.88. The predicted octanol–water partition coefficient (Wildman–Crippen LogP) is 9.97. The van der Waals surface area contributed by atoms with E-state index in [2.05, 4.69) is 77.7 Å². The van der Waals surface area contributed by atoms with Crippen LogP contribution in [0.3, 0.4) is 0 Å². The molecule has 0 spiro atoms. The van der Waals surface area contributed by atoms with E-state index in [-0.39, 0.29) is 11.6 Å². The maximum atomic E-state index is 13.9. The van der Waals surface area contributed by atoms with Crippen molar-refractivity contribution in [2.45, 2.75) is 13.8 Å². The van der Waals surface area contributed by atoms with Crippen LogP contribution in [0.4, 0.5) is 8.78 Å². The number of nitrogens with zero attached hydrogens (tertiary/aromatic N) is 2. The van der Waals surface area contributed by atoms with Gasteiger partial charge in [-0.25, -0.2) is 8.78 Å². The highest BCUT2D eigenvalue weighted by Gasteiger charge is 2.18. The zero-order valence-electron chi connectivity index (χ0n) is 22.5. The van der Waals surface area contributed by atoms with Crippen molar-refractivity contribution in [1.82, 2.24) is 9.13 Å². The molecule has 0 saturated heterocycles. The van der Waals surface area contributed by atoms with Gasteiger partial charge in [0.1, 0.15) is 11.6 Å². The smallest absolute Gasteiger partial charge is 0.123 e. The van der Waals surface area contributed by atoms with E-state index < -0.39 is 0 Å². The topological polar surface area (TPSA) is 9.86 Å². The van der Waals surface area contributed by atoms with Gasteiger partial charge in [0.2, 0.25) is 0 Å². The van der Waals surface area contributed by atoms with Gasteiger partial charge in [-0.1, -0.05) is 60.7 Å². The summed E-state index contributed by atoms with van der Waals surface area (Å²) in [5.74, 6) is -0.564. The van der Waals surface area contributed by atoms with E-state index in [1.54, 1.807) is 24.3 Å². The number of halogens is 2. The van der Waals surface area contributed by atoms with Gasteiger partial charge in [0.25, 0.3) is 0 Å². The standard InChI is InChI=1S/C36H28F2N2/c1-23(2)5-8-25(4)33-19-27-21-36-28(22-35(27)39(33)31-15-11-29(37)12-16-31)20-34(26-9-6-24(3)7-10-26)40(36)32-17-13-30(38)14-18-32/h5-22H,1,4H2,2-3H3. The highest BCUT2D eigenvalue weighted by Crippen LogP contribution is 2.37. The van der Waals surface area contributed by atoms with E-state index in [4.69, 9.17) is 0 Å². The van der Waals surface area contributed by atoms with E-state index in [1.807, 2.05) is 19.1 Å². The first kappa shape index (κ1) is 25.3. The lowest BCUT2D eigenvalue weighted by molar-refractivity contribution is 0.627. The van der Waals surface area contributed by atoms with Gasteiger partial charge in [0.05, 0.1) is 22.4 Å². The molecular formula is C36H28F2N2. The van der Waals surface area contributed by atoms with Crippen LogP contribution in [0.1, 0.15) is 18.2 Å². The SMILES string of the molecule is C=C(C)C=CC(=C)c1cc2cc3c(cc(-c4ccc(C)cc4)n3-c3ccc(F)cc3)cc2n1-c1ccc(F)cc1. The van der Waals surface area contributed by atoms with Crippen molar-refractivity contribution < 1.29 is 8.78 Å². The molecule has 0 aliphatic heterocycles. The molecule has 2 aromatic heterocycles. The molecule has 0 amide bonds. The maximum Gasteiger partial charge on any atom is 0.123 e. The monoisotopic (exact) mass is 526 g/mol. The maximum absolute atomic E-state index is 13.9. The van der Waals surface area contributed by atoms with Gasteiger partial charge in [-0.2, -0.15) is 0 Å². The van der Waals surface area contributed by atoms with Crippen LogP contribution in [0.15, 0.2) is 128 Å². The molecular weight excluding hydrogens is 498 g/mol. The van der Waals surface area contributed by atoms with Gasteiger partial charge in [0, 0.05) is 22.1 Å². The molecule has 0 bridgehead atoms. The van der Waals surface area contributed by atoms with E-state index in [1.165, 1.54) is 29.8 Å². The molecule has 0 aliphatic carbocycles. The van der Waals surface area contributed by atoms with Crippen molar-refractivity contribution in [3.63, 3.8) is 0 Å². The molecule has 196 valence electrons. The van der Waals surface area contributed by atoms with Crippen LogP contribution in [-0.2, 0) is 0 Å². The number of benzene rings is 4. The number of hydrogen-bond donors (Lipinski definition) is 0. The average Bonchev–Trinajstić information content (AvgIpc) is 3.50. The minimum atomic E-state index is -0.288. The predicted molar refractivity (Wildman–Crippen MR) is 163 cm³/mol. The molecule has 6 rings (SSSR count). The zero-order chi connectivity index (χ0) is 28.0. The number of aryl methyl sites for hydroxylation is 1. The van der Waals surface area contributed by atoms with Crippen molar-refractivity contribution in [1.29, 1.82) is 0 Å². The van der Waals surface area contributed by atoms with Gasteiger partial charge < -0.3 is 9.13 Å². The van der Waals surface area contributed by atoms with Crippen molar-refractivity contribution in [3.8, 4) is 22.6 Å². The van der Waals surface area contributed by atoms with E-state index in [9.17, 15) is 8.78 Å². The van der Waals surface area contributed by atoms with Crippen molar-refractivity contribution in [3.05, 3.63) is 151 Å². The van der Waals surface area contributed by atoms with Crippen LogP contribution < -0.4 is 0 Å². The summed E-state index contributed by atoms with van der Waals surface area (Å²) >= 11 is 0. The number of rotatable bonds is 6. The molecule has 0 fully saturated rings. The molecule has 0 atom stereocenters. The quantitative estimate of drug-likeness (QED) is 0.191. The first-order chi connectivity index (χ1) is 19.3. The lowest BCUT2D eigenvalue weighted by Gasteiger charge is -2.13.